The smallest absolute Gasteiger partial charge is 0.472 e. The summed E-state index contributed by atoms with van der Waals surface area (Å²) in [5, 5.41) is 8.88. The number of allylic oxidation sites excluding steroid dienone is 10. The normalized spacial score (nSPS) is 14.4. The van der Waals surface area contributed by atoms with Crippen molar-refractivity contribution in [3.63, 3.8) is 0 Å². The highest BCUT2D eigenvalue weighted by Gasteiger charge is 2.28. The SMILES string of the molecule is CC/C=C\C/C=C\C/C=C\C/C=C\C/C=C\CCCCCC(=O)OC[C@H](COP(=O)(O)OC[C@H](N)C(=O)O)OC(=O)CCCCCCCCCCCCCCC. The van der Waals surface area contributed by atoms with Gasteiger partial charge in [0.1, 0.15) is 12.6 Å². The molecule has 12 heteroatoms. The molecule has 0 aliphatic rings. The predicted molar refractivity (Wildman–Crippen MR) is 226 cm³/mol. The van der Waals surface area contributed by atoms with E-state index in [1.807, 2.05) is 0 Å². The largest absolute Gasteiger partial charge is 0.480 e. The van der Waals surface area contributed by atoms with Crippen LogP contribution in [0.3, 0.4) is 0 Å². The summed E-state index contributed by atoms with van der Waals surface area (Å²) in [7, 11) is -4.72. The van der Waals surface area contributed by atoms with Crippen LogP contribution in [0.4, 0.5) is 0 Å². The van der Waals surface area contributed by atoms with Crippen LogP contribution in [-0.4, -0.2) is 59.9 Å². The molecule has 0 bridgehead atoms. The molecule has 3 atom stereocenters. The lowest BCUT2D eigenvalue weighted by Crippen LogP contribution is -2.34. The van der Waals surface area contributed by atoms with E-state index in [0.29, 0.717) is 12.8 Å². The van der Waals surface area contributed by atoms with Crippen LogP contribution in [0.2, 0.25) is 0 Å². The molecular weight excluding hydrogens is 733 g/mol. The molecule has 0 aliphatic carbocycles. The summed E-state index contributed by atoms with van der Waals surface area (Å²) in [6.07, 6.45) is 44.3. The van der Waals surface area contributed by atoms with Crippen LogP contribution in [0, 0.1) is 0 Å². The number of phosphoric ester groups is 1. The highest BCUT2D eigenvalue weighted by Crippen LogP contribution is 2.43. The number of carbonyl (C=O) groups excluding carboxylic acids is 2. The molecular formula is C44H76NO10P. The first kappa shape index (κ1) is 53.2. The fourth-order valence-corrected chi connectivity index (χ4v) is 6.22. The predicted octanol–water partition coefficient (Wildman–Crippen LogP) is 11.2. The van der Waals surface area contributed by atoms with E-state index in [4.69, 9.17) is 24.8 Å². The fourth-order valence-electron chi connectivity index (χ4n) is 5.44. The Kier molecular flexibility index (Phi) is 37.1. The van der Waals surface area contributed by atoms with Gasteiger partial charge in [0.25, 0.3) is 0 Å². The molecule has 0 aromatic carbocycles. The van der Waals surface area contributed by atoms with Crippen molar-refractivity contribution in [2.24, 2.45) is 5.73 Å². The number of nitrogens with two attached hydrogens (primary N) is 1. The number of hydrogen-bond donors (Lipinski definition) is 3. The minimum absolute atomic E-state index is 0.154. The van der Waals surface area contributed by atoms with E-state index in [1.54, 1.807) is 0 Å². The van der Waals surface area contributed by atoms with Gasteiger partial charge >= 0.3 is 25.7 Å². The Labute approximate surface area is 338 Å². The zero-order valence-electron chi connectivity index (χ0n) is 34.7. The molecule has 0 spiro atoms. The lowest BCUT2D eigenvalue weighted by Gasteiger charge is -2.20. The number of carbonyl (C=O) groups is 3. The van der Waals surface area contributed by atoms with Crippen molar-refractivity contribution >= 4 is 25.7 Å². The summed E-state index contributed by atoms with van der Waals surface area (Å²) in [4.78, 5) is 45.9. The molecule has 1 unspecified atom stereocenters. The van der Waals surface area contributed by atoms with Crippen LogP contribution in [0.15, 0.2) is 60.8 Å². The monoisotopic (exact) mass is 810 g/mol. The maximum absolute atomic E-state index is 12.6. The summed E-state index contributed by atoms with van der Waals surface area (Å²) < 4.78 is 32.6. The van der Waals surface area contributed by atoms with Crippen LogP contribution in [0.1, 0.15) is 168 Å². The van der Waals surface area contributed by atoms with Crippen LogP contribution in [0.5, 0.6) is 0 Å². The third kappa shape index (κ3) is 38.1. The molecule has 4 N–H and O–H groups in total. The summed E-state index contributed by atoms with van der Waals surface area (Å²) >= 11 is 0. The summed E-state index contributed by atoms with van der Waals surface area (Å²) in [6, 6.07) is -1.53. The van der Waals surface area contributed by atoms with Gasteiger partial charge in [-0.3, -0.25) is 23.4 Å². The zero-order valence-corrected chi connectivity index (χ0v) is 35.6. The third-order valence-electron chi connectivity index (χ3n) is 8.78. The second-order valence-electron chi connectivity index (χ2n) is 14.1. The van der Waals surface area contributed by atoms with Crippen molar-refractivity contribution in [2.45, 2.75) is 180 Å². The van der Waals surface area contributed by atoms with Gasteiger partial charge in [-0.2, -0.15) is 0 Å². The van der Waals surface area contributed by atoms with Gasteiger partial charge in [-0.15, -0.1) is 0 Å². The molecule has 0 aromatic rings. The molecule has 11 nitrogen and oxygen atoms in total. The molecule has 322 valence electrons. The minimum Gasteiger partial charge on any atom is -0.480 e. The number of phosphoric acid groups is 1. The van der Waals surface area contributed by atoms with Crippen LogP contribution < -0.4 is 5.73 Å². The van der Waals surface area contributed by atoms with Gasteiger partial charge in [-0.1, -0.05) is 158 Å². The van der Waals surface area contributed by atoms with Crippen molar-refractivity contribution in [3.8, 4) is 0 Å². The first-order valence-electron chi connectivity index (χ1n) is 21.3. The number of rotatable bonds is 39. The van der Waals surface area contributed by atoms with Gasteiger partial charge in [-0.25, -0.2) is 4.57 Å². The van der Waals surface area contributed by atoms with Crippen molar-refractivity contribution < 1.29 is 47.5 Å². The Bertz CT molecular complexity index is 1180. The first-order chi connectivity index (χ1) is 27.1. The van der Waals surface area contributed by atoms with Crippen LogP contribution in [0.25, 0.3) is 0 Å². The highest BCUT2D eigenvalue weighted by molar-refractivity contribution is 7.47. The second kappa shape index (κ2) is 39.0. The molecule has 0 aliphatic heterocycles. The molecule has 0 radical (unpaired) electrons. The lowest BCUT2D eigenvalue weighted by molar-refractivity contribution is -0.161. The summed E-state index contributed by atoms with van der Waals surface area (Å²) in [6.45, 7) is 2.64. The quantitative estimate of drug-likeness (QED) is 0.0233. The Balaban J connectivity index is 4.43. The minimum atomic E-state index is -4.72. The number of esters is 2. The molecule has 0 saturated heterocycles. The average Bonchev–Trinajstić information content (AvgIpc) is 3.17. The van der Waals surface area contributed by atoms with Crippen molar-refractivity contribution in [3.05, 3.63) is 60.8 Å². The second-order valence-corrected chi connectivity index (χ2v) is 15.6. The lowest BCUT2D eigenvalue weighted by atomic mass is 10.0. The van der Waals surface area contributed by atoms with E-state index < -0.39 is 51.1 Å². The number of hydrogen-bond acceptors (Lipinski definition) is 9. The first-order valence-corrected chi connectivity index (χ1v) is 22.8. The number of ether oxygens (including phenoxy) is 2. The Morgan fingerprint density at radius 3 is 1.50 bits per heavy atom. The van der Waals surface area contributed by atoms with Gasteiger partial charge in [0.2, 0.25) is 0 Å². The van der Waals surface area contributed by atoms with Crippen LogP contribution >= 0.6 is 7.82 Å². The third-order valence-corrected chi connectivity index (χ3v) is 9.73. The number of unbranched alkanes of at least 4 members (excludes halogenated alkanes) is 15. The molecule has 0 rings (SSSR count). The molecule has 0 heterocycles. The Hall–Kier alpha value is -2.82. The molecule has 0 amide bonds. The molecule has 0 saturated carbocycles. The molecule has 0 aromatic heterocycles. The maximum Gasteiger partial charge on any atom is 0.472 e. The number of carboxylic acid groups (broad SMARTS) is 1. The standard InChI is InChI=1S/C44H76NO10P/c1-3-5-7-9-11-13-15-17-18-19-20-21-22-24-25-27-29-31-33-35-42(46)52-37-40(38-53-56(50,51)54-39-41(45)44(48)49)55-43(47)36-34-32-30-28-26-23-16-14-12-10-8-6-4-2/h5,7,11,13,17-18,20-21,24-25,40-41H,3-4,6,8-10,12,14-16,19,22-23,26-39,45H2,1-2H3,(H,48,49)(H,50,51)/b7-5-,13-11-,18-17-,21-20-,25-24-/t40-,41+/m1/s1. The summed E-state index contributed by atoms with van der Waals surface area (Å²) in [5.41, 5.74) is 5.33. The van der Waals surface area contributed by atoms with Crippen molar-refractivity contribution in [1.29, 1.82) is 0 Å². The number of carboxylic acids is 1. The number of aliphatic carboxylic acids is 1. The van der Waals surface area contributed by atoms with Gasteiger partial charge < -0.3 is 25.2 Å². The van der Waals surface area contributed by atoms with Crippen molar-refractivity contribution in [1.82, 2.24) is 0 Å². The van der Waals surface area contributed by atoms with Gasteiger partial charge in [0.05, 0.1) is 13.2 Å². The van der Waals surface area contributed by atoms with Gasteiger partial charge in [-0.05, 0) is 57.8 Å². The average molecular weight is 810 g/mol. The van der Waals surface area contributed by atoms with Gasteiger partial charge in [0, 0.05) is 12.8 Å². The Morgan fingerprint density at radius 2 is 1.00 bits per heavy atom. The Morgan fingerprint density at radius 1 is 0.571 bits per heavy atom. The van der Waals surface area contributed by atoms with E-state index in [0.717, 1.165) is 70.6 Å². The fraction of sp³-hybridized carbons (Fsp3) is 0.705. The van der Waals surface area contributed by atoms with Gasteiger partial charge in [0.15, 0.2) is 6.10 Å². The highest BCUT2D eigenvalue weighted by atomic mass is 31.2. The van der Waals surface area contributed by atoms with E-state index >= 15 is 0 Å². The van der Waals surface area contributed by atoms with Crippen molar-refractivity contribution in [2.75, 3.05) is 19.8 Å². The summed E-state index contributed by atoms with van der Waals surface area (Å²) in [5.74, 6) is -2.42. The van der Waals surface area contributed by atoms with Crippen LogP contribution in [-0.2, 0) is 37.5 Å². The van der Waals surface area contributed by atoms with E-state index in [1.165, 1.54) is 57.8 Å². The zero-order chi connectivity index (χ0) is 41.4. The van der Waals surface area contributed by atoms with E-state index in [9.17, 15) is 23.8 Å². The molecule has 56 heavy (non-hydrogen) atoms. The molecule has 0 fully saturated rings. The topological polar surface area (TPSA) is 172 Å². The van der Waals surface area contributed by atoms with E-state index in [-0.39, 0.29) is 19.4 Å². The van der Waals surface area contributed by atoms with E-state index in [2.05, 4.69) is 79.1 Å². The maximum atomic E-state index is 12.6.